The van der Waals surface area contributed by atoms with Crippen molar-refractivity contribution in [3.05, 3.63) is 5.82 Å². The standard InChI is InChI=1S/C14H24N4O3/c1-4-21-11-5-10(6-11)7-13-15-16-17-18(13)12(9(2)3)8-14(19)20/h9-12H,4-8H2,1-3H3,(H,19,20). The number of aromatic nitrogens is 4. The molecule has 2 rings (SSSR count). The Balaban J connectivity index is 1.99. The van der Waals surface area contributed by atoms with Crippen LogP contribution < -0.4 is 0 Å². The van der Waals surface area contributed by atoms with Crippen molar-refractivity contribution in [3.8, 4) is 0 Å². The first kappa shape index (κ1) is 15.9. The van der Waals surface area contributed by atoms with Crippen LogP contribution in [0.5, 0.6) is 0 Å². The van der Waals surface area contributed by atoms with Crippen LogP contribution in [-0.4, -0.2) is 44.0 Å². The van der Waals surface area contributed by atoms with Crippen molar-refractivity contribution in [3.63, 3.8) is 0 Å². The second kappa shape index (κ2) is 6.98. The maximum atomic E-state index is 11.0. The molecule has 0 aliphatic heterocycles. The van der Waals surface area contributed by atoms with Crippen LogP contribution in [0.4, 0.5) is 0 Å². The molecule has 1 heterocycles. The number of carboxylic acids is 1. The quantitative estimate of drug-likeness (QED) is 0.785. The highest BCUT2D eigenvalue weighted by Crippen LogP contribution is 2.33. The zero-order valence-corrected chi connectivity index (χ0v) is 12.9. The average molecular weight is 296 g/mol. The number of rotatable bonds is 8. The molecule has 0 spiro atoms. The fourth-order valence-corrected chi connectivity index (χ4v) is 2.86. The van der Waals surface area contributed by atoms with Crippen LogP contribution in [0.25, 0.3) is 0 Å². The van der Waals surface area contributed by atoms with E-state index in [0.717, 1.165) is 31.7 Å². The lowest BCUT2D eigenvalue weighted by Gasteiger charge is -2.34. The first-order valence-corrected chi connectivity index (χ1v) is 7.61. The van der Waals surface area contributed by atoms with E-state index in [1.165, 1.54) is 0 Å². The summed E-state index contributed by atoms with van der Waals surface area (Å²) in [5.74, 6) is 0.662. The zero-order chi connectivity index (χ0) is 15.4. The van der Waals surface area contributed by atoms with E-state index in [0.29, 0.717) is 12.0 Å². The molecule has 7 nitrogen and oxygen atoms in total. The summed E-state index contributed by atoms with van der Waals surface area (Å²) in [5.41, 5.74) is 0. The number of hydrogen-bond donors (Lipinski definition) is 1. The molecule has 0 amide bonds. The summed E-state index contributed by atoms with van der Waals surface area (Å²) in [6, 6.07) is -0.199. The summed E-state index contributed by atoms with van der Waals surface area (Å²) in [6.45, 7) is 6.75. The smallest absolute Gasteiger partial charge is 0.305 e. The van der Waals surface area contributed by atoms with Crippen LogP contribution in [-0.2, 0) is 16.0 Å². The van der Waals surface area contributed by atoms with Gasteiger partial charge >= 0.3 is 5.97 Å². The molecule has 1 aromatic heterocycles. The Hall–Kier alpha value is -1.50. The number of hydrogen-bond acceptors (Lipinski definition) is 5. The Morgan fingerprint density at radius 3 is 2.76 bits per heavy atom. The van der Waals surface area contributed by atoms with Crippen molar-refractivity contribution in [2.45, 2.75) is 58.6 Å². The monoisotopic (exact) mass is 296 g/mol. The molecule has 118 valence electrons. The highest BCUT2D eigenvalue weighted by molar-refractivity contribution is 5.67. The Morgan fingerprint density at radius 1 is 1.48 bits per heavy atom. The van der Waals surface area contributed by atoms with Gasteiger partial charge in [-0.1, -0.05) is 13.8 Å². The van der Waals surface area contributed by atoms with Crippen LogP contribution in [0.15, 0.2) is 0 Å². The lowest BCUT2D eigenvalue weighted by Crippen LogP contribution is -2.33. The van der Waals surface area contributed by atoms with Crippen LogP contribution in [0.3, 0.4) is 0 Å². The van der Waals surface area contributed by atoms with Crippen molar-refractivity contribution in [2.75, 3.05) is 6.61 Å². The summed E-state index contributed by atoms with van der Waals surface area (Å²) < 4.78 is 7.26. The summed E-state index contributed by atoms with van der Waals surface area (Å²) in [4.78, 5) is 11.0. The van der Waals surface area contributed by atoms with Crippen molar-refractivity contribution in [1.82, 2.24) is 20.2 Å². The topological polar surface area (TPSA) is 90.1 Å². The maximum absolute atomic E-state index is 11.0. The Morgan fingerprint density at radius 2 is 2.19 bits per heavy atom. The summed E-state index contributed by atoms with van der Waals surface area (Å²) in [7, 11) is 0. The van der Waals surface area contributed by atoms with Gasteiger partial charge in [0, 0.05) is 13.0 Å². The second-order valence-corrected chi connectivity index (χ2v) is 6.07. The normalized spacial score (nSPS) is 23.0. The molecule has 0 bridgehead atoms. The summed E-state index contributed by atoms with van der Waals surface area (Å²) in [6.07, 6.45) is 3.27. The van der Waals surface area contributed by atoms with Gasteiger partial charge in [-0.05, 0) is 42.0 Å². The predicted octanol–water partition coefficient (Wildman–Crippen LogP) is 1.70. The van der Waals surface area contributed by atoms with E-state index in [1.54, 1.807) is 4.68 Å². The first-order valence-electron chi connectivity index (χ1n) is 7.61. The summed E-state index contributed by atoms with van der Waals surface area (Å²) in [5, 5.41) is 20.9. The largest absolute Gasteiger partial charge is 0.481 e. The third-order valence-corrected chi connectivity index (χ3v) is 4.09. The van der Waals surface area contributed by atoms with E-state index in [9.17, 15) is 4.79 Å². The van der Waals surface area contributed by atoms with E-state index in [2.05, 4.69) is 15.5 Å². The van der Waals surface area contributed by atoms with Gasteiger partial charge in [0.2, 0.25) is 0 Å². The van der Waals surface area contributed by atoms with E-state index in [-0.39, 0.29) is 18.4 Å². The Bertz CT molecular complexity index is 469. The van der Waals surface area contributed by atoms with E-state index in [1.807, 2.05) is 20.8 Å². The van der Waals surface area contributed by atoms with Crippen LogP contribution in [0.1, 0.15) is 51.9 Å². The number of ether oxygens (including phenoxy) is 1. The Labute approximate surface area is 124 Å². The fraction of sp³-hybridized carbons (Fsp3) is 0.857. The minimum Gasteiger partial charge on any atom is -0.481 e. The molecule has 1 N–H and O–H groups in total. The average Bonchev–Trinajstić information content (AvgIpc) is 2.81. The van der Waals surface area contributed by atoms with Gasteiger partial charge in [-0.25, -0.2) is 4.68 Å². The third kappa shape index (κ3) is 4.00. The molecular weight excluding hydrogens is 272 g/mol. The van der Waals surface area contributed by atoms with E-state index < -0.39 is 5.97 Å². The third-order valence-electron chi connectivity index (χ3n) is 4.09. The molecule has 0 radical (unpaired) electrons. The molecule has 1 saturated carbocycles. The molecule has 1 fully saturated rings. The molecule has 1 aliphatic carbocycles. The number of aliphatic carboxylic acids is 1. The van der Waals surface area contributed by atoms with Gasteiger partial charge in [0.05, 0.1) is 18.6 Å². The molecular formula is C14H24N4O3. The Kier molecular flexibility index (Phi) is 5.27. The van der Waals surface area contributed by atoms with E-state index >= 15 is 0 Å². The molecule has 1 atom stereocenters. The molecule has 1 unspecified atom stereocenters. The van der Waals surface area contributed by atoms with Gasteiger partial charge in [0.15, 0.2) is 5.82 Å². The van der Waals surface area contributed by atoms with Crippen molar-refractivity contribution < 1.29 is 14.6 Å². The van der Waals surface area contributed by atoms with Gasteiger partial charge in [-0.2, -0.15) is 0 Å². The van der Waals surface area contributed by atoms with Gasteiger partial charge in [0.1, 0.15) is 0 Å². The fourth-order valence-electron chi connectivity index (χ4n) is 2.86. The zero-order valence-electron chi connectivity index (χ0n) is 12.9. The number of nitrogens with zero attached hydrogens (tertiary/aromatic N) is 4. The molecule has 1 aromatic rings. The lowest BCUT2D eigenvalue weighted by atomic mass is 9.80. The second-order valence-electron chi connectivity index (χ2n) is 6.07. The highest BCUT2D eigenvalue weighted by atomic mass is 16.5. The lowest BCUT2D eigenvalue weighted by molar-refractivity contribution is -0.138. The van der Waals surface area contributed by atoms with Crippen LogP contribution in [0.2, 0.25) is 0 Å². The van der Waals surface area contributed by atoms with Gasteiger partial charge in [-0.15, -0.1) is 5.10 Å². The summed E-state index contributed by atoms with van der Waals surface area (Å²) >= 11 is 0. The maximum Gasteiger partial charge on any atom is 0.305 e. The van der Waals surface area contributed by atoms with Crippen LogP contribution >= 0.6 is 0 Å². The molecule has 0 aromatic carbocycles. The molecule has 0 saturated heterocycles. The van der Waals surface area contributed by atoms with Gasteiger partial charge in [0.25, 0.3) is 0 Å². The van der Waals surface area contributed by atoms with Crippen molar-refractivity contribution in [2.24, 2.45) is 11.8 Å². The van der Waals surface area contributed by atoms with E-state index in [4.69, 9.17) is 9.84 Å². The molecule has 1 aliphatic rings. The number of carbonyl (C=O) groups is 1. The van der Waals surface area contributed by atoms with Gasteiger partial charge < -0.3 is 9.84 Å². The van der Waals surface area contributed by atoms with Gasteiger partial charge in [-0.3, -0.25) is 4.79 Å². The number of tetrazole rings is 1. The minimum atomic E-state index is -0.824. The SMILES string of the molecule is CCOC1CC(Cc2nnnn2C(CC(=O)O)C(C)C)C1. The molecule has 7 heteroatoms. The predicted molar refractivity (Wildman–Crippen MR) is 75.8 cm³/mol. The number of carboxylic acid groups (broad SMARTS) is 1. The molecule has 21 heavy (non-hydrogen) atoms. The highest BCUT2D eigenvalue weighted by Gasteiger charge is 2.32. The van der Waals surface area contributed by atoms with Crippen molar-refractivity contribution in [1.29, 1.82) is 0 Å². The van der Waals surface area contributed by atoms with Crippen LogP contribution in [0, 0.1) is 11.8 Å². The van der Waals surface area contributed by atoms with Crippen molar-refractivity contribution >= 4 is 5.97 Å². The first-order chi connectivity index (χ1) is 10.0. The minimum absolute atomic E-state index is 0.0436.